The molecule has 0 aromatic carbocycles. The zero-order valence-corrected chi connectivity index (χ0v) is 10.5. The fourth-order valence-corrected chi connectivity index (χ4v) is 2.19. The van der Waals surface area contributed by atoms with Gasteiger partial charge in [0, 0.05) is 20.0 Å². The average Bonchev–Trinajstić information content (AvgIpc) is 2.51. The van der Waals surface area contributed by atoms with E-state index in [0.717, 1.165) is 6.73 Å². The van der Waals surface area contributed by atoms with Crippen molar-refractivity contribution in [2.24, 2.45) is 0 Å². The van der Waals surface area contributed by atoms with Crippen LogP contribution in [-0.4, -0.2) is 38.0 Å². The number of hydrogen-bond donors (Lipinski definition) is 0. The third-order valence-electron chi connectivity index (χ3n) is 2.90. The SMILES string of the molecule is CCCC[N+]1(COC)CCCC1.[Br-]. The Morgan fingerprint density at radius 3 is 2.31 bits per heavy atom. The van der Waals surface area contributed by atoms with Crippen molar-refractivity contribution in [1.82, 2.24) is 0 Å². The molecule has 1 aliphatic rings. The van der Waals surface area contributed by atoms with E-state index in [4.69, 9.17) is 4.74 Å². The fraction of sp³-hybridized carbons (Fsp3) is 1.00. The van der Waals surface area contributed by atoms with Crippen LogP contribution in [0.25, 0.3) is 0 Å². The van der Waals surface area contributed by atoms with E-state index in [1.54, 1.807) is 0 Å². The second-order valence-electron chi connectivity index (χ2n) is 3.99. The number of halogens is 1. The molecular formula is C10H22BrNO. The first-order valence-electron chi connectivity index (χ1n) is 5.17. The molecule has 0 bridgehead atoms. The normalized spacial score (nSPS) is 19.8. The van der Waals surface area contributed by atoms with E-state index in [0.29, 0.717) is 0 Å². The van der Waals surface area contributed by atoms with Crippen LogP contribution in [0.5, 0.6) is 0 Å². The van der Waals surface area contributed by atoms with E-state index < -0.39 is 0 Å². The minimum atomic E-state index is 0. The van der Waals surface area contributed by atoms with E-state index in [-0.39, 0.29) is 17.0 Å². The molecule has 0 amide bonds. The Labute approximate surface area is 92.6 Å². The molecule has 1 aliphatic heterocycles. The van der Waals surface area contributed by atoms with Gasteiger partial charge in [0.05, 0.1) is 19.6 Å². The smallest absolute Gasteiger partial charge is 0.182 e. The maximum Gasteiger partial charge on any atom is 0.182 e. The van der Waals surface area contributed by atoms with Gasteiger partial charge < -0.3 is 26.2 Å². The van der Waals surface area contributed by atoms with Crippen molar-refractivity contribution in [2.75, 3.05) is 33.5 Å². The van der Waals surface area contributed by atoms with Gasteiger partial charge in [-0.1, -0.05) is 13.3 Å². The quantitative estimate of drug-likeness (QED) is 0.571. The molecule has 0 unspecified atom stereocenters. The summed E-state index contributed by atoms with van der Waals surface area (Å²) in [6, 6.07) is 0. The average molecular weight is 252 g/mol. The molecule has 0 aromatic rings. The van der Waals surface area contributed by atoms with Gasteiger partial charge in [-0.25, -0.2) is 0 Å². The molecular weight excluding hydrogens is 230 g/mol. The number of nitrogens with zero attached hydrogens (tertiary/aromatic N) is 1. The van der Waals surface area contributed by atoms with Crippen LogP contribution >= 0.6 is 0 Å². The third-order valence-corrected chi connectivity index (χ3v) is 2.90. The minimum absolute atomic E-state index is 0. The molecule has 13 heavy (non-hydrogen) atoms. The largest absolute Gasteiger partial charge is 1.00 e. The van der Waals surface area contributed by atoms with Crippen molar-refractivity contribution in [3.8, 4) is 0 Å². The first-order chi connectivity index (χ1) is 5.83. The van der Waals surface area contributed by atoms with Gasteiger partial charge in [0.2, 0.25) is 0 Å². The van der Waals surface area contributed by atoms with Gasteiger partial charge in [0.15, 0.2) is 6.73 Å². The first-order valence-corrected chi connectivity index (χ1v) is 5.17. The molecule has 0 spiro atoms. The Morgan fingerprint density at radius 2 is 1.85 bits per heavy atom. The van der Waals surface area contributed by atoms with Gasteiger partial charge in [0.25, 0.3) is 0 Å². The van der Waals surface area contributed by atoms with Gasteiger partial charge in [0.1, 0.15) is 0 Å². The molecule has 0 saturated carbocycles. The molecule has 0 atom stereocenters. The summed E-state index contributed by atoms with van der Waals surface area (Å²) in [4.78, 5) is 0. The Hall–Kier alpha value is 0.400. The molecule has 1 rings (SSSR count). The molecule has 3 heteroatoms. The molecule has 0 radical (unpaired) electrons. The molecule has 1 heterocycles. The summed E-state index contributed by atoms with van der Waals surface area (Å²) in [5, 5.41) is 0. The summed E-state index contributed by atoms with van der Waals surface area (Å²) in [5.41, 5.74) is 0. The van der Waals surface area contributed by atoms with Crippen molar-refractivity contribution in [1.29, 1.82) is 0 Å². The number of ether oxygens (including phenoxy) is 1. The zero-order chi connectivity index (χ0) is 8.86. The molecule has 0 N–H and O–H groups in total. The Bertz CT molecular complexity index is 124. The number of rotatable bonds is 5. The lowest BCUT2D eigenvalue weighted by molar-refractivity contribution is -0.934. The van der Waals surface area contributed by atoms with Crippen LogP contribution in [0.3, 0.4) is 0 Å². The summed E-state index contributed by atoms with van der Waals surface area (Å²) >= 11 is 0. The lowest BCUT2D eigenvalue weighted by atomic mass is 10.3. The first kappa shape index (κ1) is 13.4. The highest BCUT2D eigenvalue weighted by Crippen LogP contribution is 2.20. The Kier molecular flexibility index (Phi) is 7.00. The number of hydrogen-bond acceptors (Lipinski definition) is 1. The van der Waals surface area contributed by atoms with Gasteiger partial charge >= 0.3 is 0 Å². The van der Waals surface area contributed by atoms with E-state index in [2.05, 4.69) is 6.92 Å². The van der Waals surface area contributed by atoms with Crippen LogP contribution in [0.1, 0.15) is 32.6 Å². The second-order valence-corrected chi connectivity index (χ2v) is 3.99. The molecule has 0 aromatic heterocycles. The van der Waals surface area contributed by atoms with Crippen molar-refractivity contribution in [3.63, 3.8) is 0 Å². The van der Waals surface area contributed by atoms with Crippen LogP contribution in [0.15, 0.2) is 0 Å². The molecule has 1 saturated heterocycles. The maximum atomic E-state index is 5.30. The fourth-order valence-electron chi connectivity index (χ4n) is 2.19. The van der Waals surface area contributed by atoms with Crippen molar-refractivity contribution in [3.05, 3.63) is 0 Å². The summed E-state index contributed by atoms with van der Waals surface area (Å²) in [6.45, 7) is 7.20. The highest BCUT2D eigenvalue weighted by molar-refractivity contribution is 4.52. The minimum Gasteiger partial charge on any atom is -1.00 e. The van der Waals surface area contributed by atoms with Crippen molar-refractivity contribution in [2.45, 2.75) is 32.6 Å². The summed E-state index contributed by atoms with van der Waals surface area (Å²) in [5.74, 6) is 0. The van der Waals surface area contributed by atoms with Gasteiger partial charge in [-0.05, 0) is 6.42 Å². The number of unbranched alkanes of at least 4 members (excludes halogenated alkanes) is 1. The molecule has 80 valence electrons. The van der Waals surface area contributed by atoms with Gasteiger partial charge in [-0.2, -0.15) is 0 Å². The third kappa shape index (κ3) is 3.96. The monoisotopic (exact) mass is 251 g/mol. The van der Waals surface area contributed by atoms with Crippen LogP contribution in [0, 0.1) is 0 Å². The summed E-state index contributed by atoms with van der Waals surface area (Å²) in [6.07, 6.45) is 5.45. The van der Waals surface area contributed by atoms with E-state index >= 15 is 0 Å². The lowest BCUT2D eigenvalue weighted by Crippen LogP contribution is -3.00. The molecule has 2 nitrogen and oxygen atoms in total. The topological polar surface area (TPSA) is 9.23 Å². The standard InChI is InChI=1S/C10H22NO.BrH/c1-3-4-7-11(10-12-2)8-5-6-9-11;/h3-10H2,1-2H3;1H/q+1;/p-1. The maximum absolute atomic E-state index is 5.30. The van der Waals surface area contributed by atoms with Crippen LogP contribution in [0.4, 0.5) is 0 Å². The lowest BCUT2D eigenvalue weighted by Gasteiger charge is -2.33. The number of methoxy groups -OCH3 is 1. The van der Waals surface area contributed by atoms with Crippen LogP contribution in [-0.2, 0) is 4.74 Å². The summed E-state index contributed by atoms with van der Waals surface area (Å²) < 4.78 is 6.52. The molecule has 0 aliphatic carbocycles. The highest BCUT2D eigenvalue weighted by Gasteiger charge is 2.30. The summed E-state index contributed by atoms with van der Waals surface area (Å²) in [7, 11) is 1.82. The Morgan fingerprint density at radius 1 is 1.23 bits per heavy atom. The van der Waals surface area contributed by atoms with Gasteiger partial charge in [-0.3, -0.25) is 0 Å². The number of quaternary nitrogens is 1. The molecule has 1 fully saturated rings. The highest BCUT2D eigenvalue weighted by atomic mass is 79.9. The van der Waals surface area contributed by atoms with Crippen LogP contribution < -0.4 is 17.0 Å². The van der Waals surface area contributed by atoms with E-state index in [1.165, 1.54) is 49.8 Å². The van der Waals surface area contributed by atoms with E-state index in [9.17, 15) is 0 Å². The predicted octanol–water partition coefficient (Wildman–Crippen LogP) is -0.995. The Balaban J connectivity index is 0.00000144. The number of likely N-dealkylation sites (tertiary alicyclic amines) is 1. The predicted molar refractivity (Wildman–Crippen MR) is 50.9 cm³/mol. The van der Waals surface area contributed by atoms with Crippen molar-refractivity contribution < 1.29 is 26.2 Å². The van der Waals surface area contributed by atoms with Crippen LogP contribution in [0.2, 0.25) is 0 Å². The zero-order valence-electron chi connectivity index (χ0n) is 8.89. The van der Waals surface area contributed by atoms with Gasteiger partial charge in [-0.15, -0.1) is 0 Å². The second kappa shape index (κ2) is 6.80. The van der Waals surface area contributed by atoms with E-state index in [1.807, 2.05) is 7.11 Å². The van der Waals surface area contributed by atoms with Crippen molar-refractivity contribution >= 4 is 0 Å².